The zero-order valence-electron chi connectivity index (χ0n) is 28.7. The monoisotopic (exact) mass is 702 g/mol. The molecule has 2 aromatic carbocycles. The van der Waals surface area contributed by atoms with Crippen LogP contribution in [-0.2, 0) is 30.4 Å². The number of piperazine rings is 1. The topological polar surface area (TPSA) is 170 Å². The van der Waals surface area contributed by atoms with E-state index in [9.17, 15) is 29.1 Å². The van der Waals surface area contributed by atoms with Crippen LogP contribution in [-0.4, -0.2) is 127 Å². The molecule has 0 spiro atoms. The second-order valence-corrected chi connectivity index (χ2v) is 13.3. The number of nitrogens with one attached hydrogen (secondary N) is 3. The van der Waals surface area contributed by atoms with E-state index in [1.807, 2.05) is 30.3 Å². The third-order valence-electron chi connectivity index (χ3n) is 10.0. The van der Waals surface area contributed by atoms with Gasteiger partial charge in [0, 0.05) is 93.8 Å². The highest BCUT2D eigenvalue weighted by Gasteiger charge is 2.40. The second kappa shape index (κ2) is 17.1. The van der Waals surface area contributed by atoms with E-state index in [0.717, 1.165) is 44.8 Å². The number of aliphatic hydroxyl groups is 1. The molecule has 14 heteroatoms. The quantitative estimate of drug-likeness (QED) is 0.136. The highest BCUT2D eigenvalue weighted by Crippen LogP contribution is 2.34. The zero-order chi connectivity index (χ0) is 35.7. The summed E-state index contributed by atoms with van der Waals surface area (Å²) in [6.07, 6.45) is 1.66. The van der Waals surface area contributed by atoms with Gasteiger partial charge in [-0.05, 0) is 36.5 Å². The van der Waals surface area contributed by atoms with Gasteiger partial charge < -0.3 is 24.8 Å². The number of carbonyl (C=O) groups is 5. The molecule has 3 aliphatic heterocycles. The van der Waals surface area contributed by atoms with Crippen LogP contribution in [0.5, 0.6) is 0 Å². The number of ketones is 1. The molecule has 3 unspecified atom stereocenters. The highest BCUT2D eigenvalue weighted by atomic mass is 16.6. The molecular weight excluding hydrogens is 656 g/mol. The Hall–Kier alpha value is -4.63. The summed E-state index contributed by atoms with van der Waals surface area (Å²) in [4.78, 5) is 68.2. The van der Waals surface area contributed by atoms with Crippen molar-refractivity contribution in [2.75, 3.05) is 71.0 Å². The Morgan fingerprint density at radius 3 is 2.45 bits per heavy atom. The van der Waals surface area contributed by atoms with Crippen LogP contribution in [0.2, 0.25) is 0 Å². The van der Waals surface area contributed by atoms with E-state index in [1.54, 1.807) is 24.4 Å². The molecule has 3 atom stereocenters. The molecule has 1 aliphatic carbocycles. The molecule has 4 N–H and O–H groups in total. The molecule has 2 saturated heterocycles. The lowest BCUT2D eigenvalue weighted by Crippen LogP contribution is -2.52. The molecule has 6 rings (SSSR count). The van der Waals surface area contributed by atoms with Crippen molar-refractivity contribution < 1.29 is 38.6 Å². The van der Waals surface area contributed by atoms with Crippen LogP contribution in [0.1, 0.15) is 53.1 Å². The zero-order valence-corrected chi connectivity index (χ0v) is 28.7. The maximum Gasteiger partial charge on any atom is 0.411 e. The van der Waals surface area contributed by atoms with Gasteiger partial charge in [-0.15, -0.1) is 0 Å². The first-order valence-electron chi connectivity index (χ1n) is 17.7. The van der Waals surface area contributed by atoms with Gasteiger partial charge in [-0.3, -0.25) is 39.6 Å². The number of ether oxygens (including phenoxy) is 2. The molecule has 51 heavy (non-hydrogen) atoms. The minimum Gasteiger partial charge on any atom is -0.447 e. The smallest absolute Gasteiger partial charge is 0.411 e. The van der Waals surface area contributed by atoms with Crippen molar-refractivity contribution in [1.82, 2.24) is 25.3 Å². The van der Waals surface area contributed by atoms with Crippen LogP contribution in [0.25, 0.3) is 0 Å². The van der Waals surface area contributed by atoms with E-state index in [-0.39, 0.29) is 56.1 Å². The van der Waals surface area contributed by atoms with Crippen LogP contribution in [0, 0.1) is 0 Å². The Morgan fingerprint density at radius 2 is 1.71 bits per heavy atom. The van der Waals surface area contributed by atoms with E-state index in [2.05, 4.69) is 25.8 Å². The number of anilines is 1. The molecule has 0 bridgehead atoms. The molecule has 4 aliphatic rings. The number of amides is 4. The SMILES string of the molecule is O=C1CCC(N2Cc3c(NC(=O)OCCOCCN4CCN(CCN/C=C5\C(=O)CC(c6ccccc6)CC5O)CC4)cccc3C2=O)C(=O)N1. The number of aliphatic hydroxyl groups excluding tert-OH is 1. The Morgan fingerprint density at radius 1 is 0.941 bits per heavy atom. The molecule has 0 aromatic heterocycles. The number of nitrogens with zero attached hydrogens (tertiary/aromatic N) is 3. The Bertz CT molecular complexity index is 1630. The summed E-state index contributed by atoms with van der Waals surface area (Å²) in [6.45, 7) is 6.91. The average molecular weight is 703 g/mol. The third kappa shape index (κ3) is 9.19. The van der Waals surface area contributed by atoms with Gasteiger partial charge in [0.05, 0.1) is 19.3 Å². The molecule has 14 nitrogen and oxygen atoms in total. The lowest BCUT2D eigenvalue weighted by Gasteiger charge is -2.34. The van der Waals surface area contributed by atoms with E-state index < -0.39 is 24.1 Å². The molecule has 1 saturated carbocycles. The molecule has 2 aromatic rings. The second-order valence-electron chi connectivity index (χ2n) is 13.3. The molecule has 4 amide bonds. The number of rotatable bonds is 13. The molecule has 3 fully saturated rings. The Kier molecular flexibility index (Phi) is 12.1. The van der Waals surface area contributed by atoms with Crippen LogP contribution in [0.15, 0.2) is 60.3 Å². The minimum atomic E-state index is -0.761. The van der Waals surface area contributed by atoms with Crippen LogP contribution >= 0.6 is 0 Å². The van der Waals surface area contributed by atoms with Gasteiger partial charge in [0.15, 0.2) is 5.78 Å². The summed E-state index contributed by atoms with van der Waals surface area (Å²) < 4.78 is 11.0. The van der Waals surface area contributed by atoms with Crippen molar-refractivity contribution in [3.63, 3.8) is 0 Å². The van der Waals surface area contributed by atoms with E-state index in [4.69, 9.17) is 9.47 Å². The molecule has 0 radical (unpaired) electrons. The first-order valence-corrected chi connectivity index (χ1v) is 17.7. The van der Waals surface area contributed by atoms with E-state index in [0.29, 0.717) is 48.4 Å². The summed E-state index contributed by atoms with van der Waals surface area (Å²) in [5.41, 5.74) is 3.00. The number of benzene rings is 2. The van der Waals surface area contributed by atoms with Gasteiger partial charge in [-0.25, -0.2) is 4.79 Å². The lowest BCUT2D eigenvalue weighted by atomic mass is 9.79. The van der Waals surface area contributed by atoms with Crippen molar-refractivity contribution in [2.45, 2.75) is 50.3 Å². The standard InChI is InChI=1S/C37H46N6O8/c44-32-21-26(25-5-2-1-3-6-25)22-33(45)28(32)23-38-11-12-41-13-15-42(16-14-41)17-18-50-19-20-51-37(49)39-30-8-4-7-27-29(30)24-43(36(27)48)31-9-10-34(46)40-35(31)47/h1-8,23,26,31-32,38,44H,9-22,24H2,(H,39,49)(H,40,46,47)/b28-23-. The number of imide groups is 1. The molecule has 272 valence electrons. The van der Waals surface area contributed by atoms with Gasteiger partial charge >= 0.3 is 6.09 Å². The van der Waals surface area contributed by atoms with Crippen molar-refractivity contribution in [3.8, 4) is 0 Å². The number of hydrogen-bond acceptors (Lipinski definition) is 11. The largest absolute Gasteiger partial charge is 0.447 e. The number of carbonyl (C=O) groups excluding carboxylic acids is 5. The summed E-state index contributed by atoms with van der Waals surface area (Å²) in [5, 5.41) is 18.9. The molecule has 3 heterocycles. The highest BCUT2D eigenvalue weighted by molar-refractivity contribution is 6.06. The van der Waals surface area contributed by atoms with Gasteiger partial charge in [0.2, 0.25) is 11.8 Å². The number of Topliss-reactive ketones (excluding diaryl/α,β-unsaturated/α-hetero) is 1. The molecular formula is C37H46N6O8. The van der Waals surface area contributed by atoms with Crippen molar-refractivity contribution in [3.05, 3.63) is 77.0 Å². The van der Waals surface area contributed by atoms with E-state index in [1.165, 1.54) is 4.90 Å². The van der Waals surface area contributed by atoms with Gasteiger partial charge in [0.1, 0.15) is 12.6 Å². The summed E-state index contributed by atoms with van der Waals surface area (Å²) in [5.74, 6) is -1.11. The normalized spacial score (nSPS) is 23.7. The van der Waals surface area contributed by atoms with Crippen LogP contribution < -0.4 is 16.0 Å². The predicted molar refractivity (Wildman–Crippen MR) is 187 cm³/mol. The first kappa shape index (κ1) is 36.2. The first-order chi connectivity index (χ1) is 24.8. The van der Waals surface area contributed by atoms with Gasteiger partial charge in [0.25, 0.3) is 5.91 Å². The Balaban J connectivity index is 0.818. The summed E-state index contributed by atoms with van der Waals surface area (Å²) in [6, 6.07) is 14.1. The van der Waals surface area contributed by atoms with Crippen LogP contribution in [0.3, 0.4) is 0 Å². The van der Waals surface area contributed by atoms with Crippen molar-refractivity contribution in [1.29, 1.82) is 0 Å². The van der Waals surface area contributed by atoms with Crippen molar-refractivity contribution >= 4 is 35.3 Å². The number of hydrogen-bond donors (Lipinski definition) is 4. The minimum absolute atomic E-state index is 0.00355. The lowest BCUT2D eigenvalue weighted by molar-refractivity contribution is -0.137. The van der Waals surface area contributed by atoms with E-state index >= 15 is 0 Å². The average Bonchev–Trinajstić information content (AvgIpc) is 3.46. The van der Waals surface area contributed by atoms with Crippen LogP contribution in [0.4, 0.5) is 10.5 Å². The predicted octanol–water partition coefficient (Wildman–Crippen LogP) is 1.61. The fraction of sp³-hybridized carbons (Fsp3) is 0.486. The summed E-state index contributed by atoms with van der Waals surface area (Å²) in [7, 11) is 0. The van der Waals surface area contributed by atoms with Gasteiger partial charge in [-0.2, -0.15) is 0 Å². The fourth-order valence-electron chi connectivity index (χ4n) is 7.14. The number of piperidine rings is 1. The maximum atomic E-state index is 13.0. The Labute approximate surface area is 297 Å². The van der Waals surface area contributed by atoms with Crippen molar-refractivity contribution in [2.24, 2.45) is 0 Å². The third-order valence-corrected chi connectivity index (χ3v) is 10.0. The van der Waals surface area contributed by atoms with Gasteiger partial charge in [-0.1, -0.05) is 36.4 Å². The fourth-order valence-corrected chi connectivity index (χ4v) is 7.14. The maximum absolute atomic E-state index is 13.0. The number of fused-ring (bicyclic) bond motifs is 1. The summed E-state index contributed by atoms with van der Waals surface area (Å²) >= 11 is 0.